The van der Waals surface area contributed by atoms with Gasteiger partial charge < -0.3 is 5.32 Å². The molecule has 0 radical (unpaired) electrons. The van der Waals surface area contributed by atoms with Crippen LogP contribution in [0.5, 0.6) is 0 Å². The Hall–Kier alpha value is -2.83. The number of nitrogens with one attached hydrogen (secondary N) is 1. The van der Waals surface area contributed by atoms with Crippen LogP contribution in [0.25, 0.3) is 16.6 Å². The van der Waals surface area contributed by atoms with Gasteiger partial charge in [-0.05, 0) is 56.4 Å². The predicted octanol–water partition coefficient (Wildman–Crippen LogP) is 3.95. The Morgan fingerprint density at radius 3 is 2.96 bits per heavy atom. The molecule has 3 aromatic rings. The number of nitrogens with zero attached hydrogens (tertiary/aromatic N) is 5. The second-order valence-corrected chi connectivity index (χ2v) is 8.26. The topological polar surface area (TPSA) is 68.5 Å². The van der Waals surface area contributed by atoms with Crippen molar-refractivity contribution in [2.45, 2.75) is 45.3 Å². The van der Waals surface area contributed by atoms with Gasteiger partial charge in [0.15, 0.2) is 0 Å². The fourth-order valence-corrected chi connectivity index (χ4v) is 3.89. The zero-order valence-corrected chi connectivity index (χ0v) is 16.3. The van der Waals surface area contributed by atoms with E-state index in [0.717, 1.165) is 46.4 Å². The van der Waals surface area contributed by atoms with Crippen molar-refractivity contribution in [3.63, 3.8) is 0 Å². The Morgan fingerprint density at radius 2 is 2.18 bits per heavy atom. The van der Waals surface area contributed by atoms with Crippen LogP contribution in [-0.2, 0) is 6.54 Å². The van der Waals surface area contributed by atoms with Gasteiger partial charge in [0.05, 0.1) is 17.8 Å². The van der Waals surface area contributed by atoms with E-state index in [1.807, 2.05) is 16.9 Å². The molecule has 1 fully saturated rings. The molecule has 1 N–H and O–H groups in total. The molecule has 0 amide bonds. The first-order valence-electron chi connectivity index (χ1n) is 9.78. The number of rotatable bonds is 5. The molecule has 1 aromatic carbocycles. The molecular weight excluding hydrogens is 355 g/mol. The second kappa shape index (κ2) is 6.09. The molecular formula is C21H23FN6. The van der Waals surface area contributed by atoms with Crippen molar-refractivity contribution >= 4 is 22.6 Å². The lowest BCUT2D eigenvalue weighted by atomic mass is 9.91. The van der Waals surface area contributed by atoms with Crippen LogP contribution in [0.1, 0.15) is 49.9 Å². The van der Waals surface area contributed by atoms with Crippen LogP contribution < -0.4 is 5.32 Å². The fourth-order valence-electron chi connectivity index (χ4n) is 3.89. The van der Waals surface area contributed by atoms with Crippen molar-refractivity contribution in [3.05, 3.63) is 47.3 Å². The van der Waals surface area contributed by atoms with Crippen LogP contribution in [0.3, 0.4) is 0 Å². The Labute approximate surface area is 162 Å². The van der Waals surface area contributed by atoms with Crippen LogP contribution in [0, 0.1) is 5.92 Å². The number of halogens is 1. The van der Waals surface area contributed by atoms with Gasteiger partial charge in [0.2, 0.25) is 5.95 Å². The summed E-state index contributed by atoms with van der Waals surface area (Å²) in [4.78, 5) is 9.19. The third-order valence-electron chi connectivity index (χ3n) is 5.47. The average molecular weight is 378 g/mol. The van der Waals surface area contributed by atoms with Crippen LogP contribution in [0.15, 0.2) is 30.5 Å². The first kappa shape index (κ1) is 17.3. The van der Waals surface area contributed by atoms with Crippen molar-refractivity contribution < 1.29 is 4.39 Å². The highest BCUT2D eigenvalue weighted by molar-refractivity contribution is 5.88. The molecule has 5 rings (SSSR count). The molecule has 2 aromatic heterocycles. The zero-order chi connectivity index (χ0) is 19.5. The summed E-state index contributed by atoms with van der Waals surface area (Å²) >= 11 is 0. The van der Waals surface area contributed by atoms with Gasteiger partial charge in [-0.1, -0.05) is 17.4 Å². The Balaban J connectivity index is 1.53. The number of fused-ring (bicyclic) bond motifs is 4. The van der Waals surface area contributed by atoms with Gasteiger partial charge in [0.25, 0.3) is 0 Å². The highest BCUT2D eigenvalue weighted by atomic mass is 19.1. The number of aryl methyl sites for hydroxylation is 1. The Morgan fingerprint density at radius 1 is 1.32 bits per heavy atom. The molecule has 0 spiro atoms. The fraction of sp³-hybridized carbons (Fsp3) is 0.429. The zero-order valence-electron chi connectivity index (χ0n) is 16.3. The minimum Gasteiger partial charge on any atom is -0.351 e. The molecule has 2 aliphatic rings. The molecule has 7 heteroatoms. The minimum absolute atomic E-state index is 0.188. The van der Waals surface area contributed by atoms with Gasteiger partial charge in [-0.25, -0.2) is 19.0 Å². The van der Waals surface area contributed by atoms with Crippen LogP contribution in [0.2, 0.25) is 0 Å². The molecule has 0 bridgehead atoms. The second-order valence-electron chi connectivity index (χ2n) is 8.26. The summed E-state index contributed by atoms with van der Waals surface area (Å²) in [6, 6.07) is 6.26. The maximum atomic E-state index is 13.8. The predicted molar refractivity (Wildman–Crippen MR) is 107 cm³/mol. The molecule has 2 atom stereocenters. The molecule has 1 saturated carbocycles. The Bertz CT molecular complexity index is 1090. The lowest BCUT2D eigenvalue weighted by Crippen LogP contribution is -2.25. The van der Waals surface area contributed by atoms with E-state index in [2.05, 4.69) is 45.7 Å². The number of hydrogen-bond donors (Lipinski definition) is 1. The van der Waals surface area contributed by atoms with Gasteiger partial charge in [-0.2, -0.15) is 0 Å². The van der Waals surface area contributed by atoms with Gasteiger partial charge in [-0.15, -0.1) is 5.10 Å². The first-order chi connectivity index (χ1) is 13.4. The first-order valence-corrected chi connectivity index (χ1v) is 9.78. The lowest BCUT2D eigenvalue weighted by Gasteiger charge is -2.19. The number of aromatic nitrogens is 5. The van der Waals surface area contributed by atoms with E-state index in [9.17, 15) is 4.39 Å². The number of benzene rings is 1. The number of anilines is 1. The number of hydrogen-bond acceptors (Lipinski definition) is 5. The van der Waals surface area contributed by atoms with E-state index >= 15 is 0 Å². The van der Waals surface area contributed by atoms with Crippen molar-refractivity contribution in [1.82, 2.24) is 25.0 Å². The molecule has 2 heterocycles. The number of alkyl halides is 1. The maximum absolute atomic E-state index is 13.8. The molecule has 144 valence electrons. The summed E-state index contributed by atoms with van der Waals surface area (Å²) < 4.78 is 15.7. The maximum Gasteiger partial charge on any atom is 0.223 e. The summed E-state index contributed by atoms with van der Waals surface area (Å²) in [5.74, 6) is 1.47. The summed E-state index contributed by atoms with van der Waals surface area (Å²) in [7, 11) is 0. The van der Waals surface area contributed by atoms with E-state index < -0.39 is 5.67 Å². The largest absolute Gasteiger partial charge is 0.351 e. The highest BCUT2D eigenvalue weighted by Gasteiger charge is 2.43. The van der Waals surface area contributed by atoms with Gasteiger partial charge >= 0.3 is 0 Å². The molecule has 6 nitrogen and oxygen atoms in total. The average Bonchev–Trinajstić information content (AvgIpc) is 3.35. The Kier molecular flexibility index (Phi) is 3.76. The quantitative estimate of drug-likeness (QED) is 0.728. The van der Waals surface area contributed by atoms with Crippen molar-refractivity contribution in [2.24, 2.45) is 5.92 Å². The van der Waals surface area contributed by atoms with E-state index in [1.165, 1.54) is 0 Å². The lowest BCUT2D eigenvalue weighted by molar-refractivity contribution is 0.234. The summed E-state index contributed by atoms with van der Waals surface area (Å²) in [6.45, 7) is 6.12. The normalized spacial score (nSPS) is 20.5. The van der Waals surface area contributed by atoms with E-state index in [4.69, 9.17) is 4.98 Å². The van der Waals surface area contributed by atoms with E-state index in [1.54, 1.807) is 13.8 Å². The summed E-state index contributed by atoms with van der Waals surface area (Å²) in [6.07, 6.45) is 5.32. The molecule has 28 heavy (non-hydrogen) atoms. The van der Waals surface area contributed by atoms with Gasteiger partial charge in [0.1, 0.15) is 11.2 Å². The van der Waals surface area contributed by atoms with Crippen molar-refractivity contribution in [2.75, 3.05) is 11.9 Å². The molecule has 1 unspecified atom stereocenters. The standard InChI is InChI=1S/C21H23FN6/c1-4-28-18-9-12(5-6-17(18)26-27-28)14-7-13-8-15(13)19-16(14)10-23-20(25-19)24-11-21(2,3)22/h5-7,9-10,13,15H,4,8,11H2,1-3H3,(H,23,24,25)/t13-,15?/m0/s1. The third-order valence-corrected chi connectivity index (χ3v) is 5.47. The smallest absolute Gasteiger partial charge is 0.223 e. The van der Waals surface area contributed by atoms with Crippen LogP contribution in [-0.4, -0.2) is 37.2 Å². The van der Waals surface area contributed by atoms with E-state index in [0.29, 0.717) is 17.8 Å². The summed E-state index contributed by atoms with van der Waals surface area (Å²) in [5.41, 5.74) is 5.05. The third kappa shape index (κ3) is 2.95. The minimum atomic E-state index is -1.31. The van der Waals surface area contributed by atoms with Gasteiger partial charge in [-0.3, -0.25) is 0 Å². The van der Waals surface area contributed by atoms with Gasteiger partial charge in [0, 0.05) is 24.2 Å². The molecule has 0 saturated heterocycles. The van der Waals surface area contributed by atoms with Crippen LogP contribution in [0.4, 0.5) is 10.3 Å². The van der Waals surface area contributed by atoms with Crippen molar-refractivity contribution in [1.29, 1.82) is 0 Å². The monoisotopic (exact) mass is 378 g/mol. The summed E-state index contributed by atoms with van der Waals surface area (Å²) in [5, 5.41) is 11.5. The molecule has 0 aliphatic heterocycles. The van der Waals surface area contributed by atoms with Crippen molar-refractivity contribution in [3.8, 4) is 0 Å². The SMILES string of the molecule is CCn1nnc2ccc(C3=C[C@H]4CC4c4nc(NCC(C)(C)F)ncc43)cc21. The van der Waals surface area contributed by atoms with E-state index in [-0.39, 0.29) is 6.54 Å². The molecule has 2 aliphatic carbocycles. The highest BCUT2D eigenvalue weighted by Crippen LogP contribution is 2.55. The van der Waals surface area contributed by atoms with Crippen LogP contribution >= 0.6 is 0 Å². The number of allylic oxidation sites excluding steroid dienone is 1.